The summed E-state index contributed by atoms with van der Waals surface area (Å²) in [5.41, 5.74) is 1.08. The third-order valence-corrected chi connectivity index (χ3v) is 4.26. The maximum Gasteiger partial charge on any atom is 0.358 e. The molecular formula is C23H18N2O7. The Bertz CT molecular complexity index is 1210. The minimum Gasteiger partial charge on any atom is -0.476 e. The highest BCUT2D eigenvalue weighted by Gasteiger charge is 2.18. The number of aliphatic hydroxyl groups excluding tert-OH is 1. The number of aromatic carboxylic acids is 1. The Morgan fingerprint density at radius 2 is 1.44 bits per heavy atom. The fourth-order valence-corrected chi connectivity index (χ4v) is 2.60. The number of hydrogen-bond acceptors (Lipinski definition) is 8. The summed E-state index contributed by atoms with van der Waals surface area (Å²) < 4.78 is 9.58. The van der Waals surface area contributed by atoms with Crippen molar-refractivity contribution in [3.8, 4) is 0 Å². The third-order valence-electron chi connectivity index (χ3n) is 4.26. The summed E-state index contributed by atoms with van der Waals surface area (Å²) in [5, 5.41) is 25.4. The van der Waals surface area contributed by atoms with Crippen molar-refractivity contribution in [1.82, 2.24) is 10.3 Å². The molecule has 9 heteroatoms. The van der Waals surface area contributed by atoms with E-state index in [1.807, 2.05) is 12.1 Å². The van der Waals surface area contributed by atoms with Crippen LogP contribution in [-0.2, 0) is 0 Å². The molecule has 0 spiro atoms. The Morgan fingerprint density at radius 3 is 1.97 bits per heavy atom. The quantitative estimate of drug-likeness (QED) is 0.435. The van der Waals surface area contributed by atoms with Gasteiger partial charge in [0, 0.05) is 24.6 Å². The molecule has 0 saturated carbocycles. The molecule has 32 heavy (non-hydrogen) atoms. The molecule has 0 saturated heterocycles. The van der Waals surface area contributed by atoms with Crippen LogP contribution in [0.2, 0.25) is 0 Å². The molecule has 162 valence electrons. The molecule has 1 unspecified atom stereocenters. The van der Waals surface area contributed by atoms with E-state index >= 15 is 0 Å². The smallest absolute Gasteiger partial charge is 0.358 e. The molecule has 0 fully saturated rings. The molecule has 2 heterocycles. The lowest BCUT2D eigenvalue weighted by molar-refractivity contribution is 0.0684. The Hall–Kier alpha value is -4.37. The first kappa shape index (κ1) is 22.3. The van der Waals surface area contributed by atoms with E-state index in [-0.39, 0.29) is 34.5 Å². The van der Waals surface area contributed by atoms with Crippen molar-refractivity contribution in [2.24, 2.45) is 0 Å². The van der Waals surface area contributed by atoms with Crippen molar-refractivity contribution < 1.29 is 33.6 Å². The van der Waals surface area contributed by atoms with Crippen LogP contribution in [0.3, 0.4) is 0 Å². The van der Waals surface area contributed by atoms with Gasteiger partial charge in [-0.25, -0.2) is 4.79 Å². The molecule has 2 aromatic carbocycles. The van der Waals surface area contributed by atoms with Gasteiger partial charge in [-0.05, 0) is 5.56 Å². The largest absolute Gasteiger partial charge is 0.476 e. The number of carboxylic acid groups (broad SMARTS) is 1. The van der Waals surface area contributed by atoms with E-state index in [0.717, 1.165) is 0 Å². The molecule has 4 aromatic rings. The van der Waals surface area contributed by atoms with Crippen molar-refractivity contribution in [3.05, 3.63) is 107 Å². The highest BCUT2D eigenvalue weighted by atomic mass is 16.5. The predicted octanol–water partition coefficient (Wildman–Crippen LogP) is 3.56. The van der Waals surface area contributed by atoms with E-state index in [2.05, 4.69) is 10.3 Å². The molecule has 4 rings (SSSR count). The first-order valence-electron chi connectivity index (χ1n) is 9.37. The second kappa shape index (κ2) is 10.1. The number of benzene rings is 2. The van der Waals surface area contributed by atoms with Crippen molar-refractivity contribution in [2.75, 3.05) is 0 Å². The lowest BCUT2D eigenvalue weighted by Gasteiger charge is -2.05. The van der Waals surface area contributed by atoms with E-state index in [0.29, 0.717) is 11.1 Å². The van der Waals surface area contributed by atoms with Crippen LogP contribution in [-0.4, -0.2) is 38.1 Å². The number of carbonyl (C=O) groups is 3. The van der Waals surface area contributed by atoms with Crippen LogP contribution in [0, 0.1) is 0 Å². The number of carbonyl (C=O) groups excluding carboxylic acids is 2. The minimum absolute atomic E-state index is 0.0800. The van der Waals surface area contributed by atoms with Gasteiger partial charge in [-0.1, -0.05) is 71.0 Å². The molecule has 0 aliphatic carbocycles. The van der Waals surface area contributed by atoms with E-state index in [4.69, 9.17) is 14.2 Å². The van der Waals surface area contributed by atoms with Crippen LogP contribution in [0.5, 0.6) is 0 Å². The zero-order valence-electron chi connectivity index (χ0n) is 16.8. The Balaban J connectivity index is 0.000000181. The topological polar surface area (TPSA) is 144 Å². The first-order chi connectivity index (χ1) is 15.4. The summed E-state index contributed by atoms with van der Waals surface area (Å²) >= 11 is 0. The van der Waals surface area contributed by atoms with Gasteiger partial charge >= 0.3 is 5.97 Å². The fourth-order valence-electron chi connectivity index (χ4n) is 2.60. The first-order valence-corrected chi connectivity index (χ1v) is 9.37. The highest BCUT2D eigenvalue weighted by molar-refractivity contribution is 6.08. The molecule has 0 bridgehead atoms. The summed E-state index contributed by atoms with van der Waals surface area (Å²) in [4.78, 5) is 33.4. The lowest BCUT2D eigenvalue weighted by Crippen LogP contribution is -1.99. The minimum atomic E-state index is -1.18. The SMILES string of the molecule is CC(=O)c1cc(C(=O)c2ccccc2)on1.O=C(O)c1cc(C(O)c2ccccc2)on1. The standard InChI is InChI=1S/C12H9NO3.C11H9NO4/c1-8(14)10-7-11(16-13-10)12(15)9-5-3-2-4-6-9;13-10(7-4-2-1-3-5-7)9-6-8(11(14)15)12-16-9/h2-7H,1H3;1-6,10,13H,(H,14,15). The summed E-state index contributed by atoms with van der Waals surface area (Å²) in [6, 6.07) is 20.1. The second-order valence-corrected chi connectivity index (χ2v) is 6.56. The van der Waals surface area contributed by atoms with E-state index < -0.39 is 12.1 Å². The van der Waals surface area contributed by atoms with Gasteiger partial charge in [0.25, 0.3) is 0 Å². The average Bonchev–Trinajstić information content (AvgIpc) is 3.50. The number of Topliss-reactive ketones (excluding diaryl/α,β-unsaturated/α-hetero) is 1. The van der Waals surface area contributed by atoms with Gasteiger partial charge < -0.3 is 19.3 Å². The Kier molecular flexibility index (Phi) is 7.04. The number of carboxylic acids is 1. The van der Waals surface area contributed by atoms with E-state index in [1.54, 1.807) is 48.5 Å². The molecule has 9 nitrogen and oxygen atoms in total. The maximum atomic E-state index is 11.8. The lowest BCUT2D eigenvalue weighted by atomic mass is 10.1. The monoisotopic (exact) mass is 434 g/mol. The zero-order chi connectivity index (χ0) is 23.1. The van der Waals surface area contributed by atoms with Crippen molar-refractivity contribution >= 4 is 17.5 Å². The molecular weight excluding hydrogens is 416 g/mol. The fraction of sp³-hybridized carbons (Fsp3) is 0.0870. The summed E-state index contributed by atoms with van der Waals surface area (Å²) in [6.45, 7) is 1.37. The van der Waals surface area contributed by atoms with E-state index in [1.165, 1.54) is 19.1 Å². The second-order valence-electron chi connectivity index (χ2n) is 6.56. The van der Waals surface area contributed by atoms with Crippen LogP contribution >= 0.6 is 0 Å². The third kappa shape index (κ3) is 5.41. The molecule has 2 aromatic heterocycles. The van der Waals surface area contributed by atoms with E-state index in [9.17, 15) is 19.5 Å². The maximum absolute atomic E-state index is 11.8. The number of aromatic nitrogens is 2. The average molecular weight is 434 g/mol. The molecule has 1 atom stereocenters. The zero-order valence-corrected chi connectivity index (χ0v) is 16.8. The number of aliphatic hydroxyl groups is 1. The Labute approximate surface area is 181 Å². The predicted molar refractivity (Wildman–Crippen MR) is 110 cm³/mol. The Morgan fingerprint density at radius 1 is 0.844 bits per heavy atom. The molecule has 0 radical (unpaired) electrons. The molecule has 0 aliphatic rings. The van der Waals surface area contributed by atoms with Crippen LogP contribution in [0.25, 0.3) is 0 Å². The number of hydrogen-bond donors (Lipinski definition) is 2. The summed E-state index contributed by atoms with van der Waals surface area (Å²) in [5.74, 6) is -1.49. The van der Waals surface area contributed by atoms with Crippen molar-refractivity contribution in [2.45, 2.75) is 13.0 Å². The number of nitrogens with zero attached hydrogens (tertiary/aromatic N) is 2. The van der Waals surface area contributed by atoms with Crippen molar-refractivity contribution in [1.29, 1.82) is 0 Å². The van der Waals surface area contributed by atoms with Crippen LogP contribution in [0.15, 0.2) is 81.8 Å². The van der Waals surface area contributed by atoms with Gasteiger partial charge in [0.2, 0.25) is 11.5 Å². The van der Waals surface area contributed by atoms with Gasteiger partial charge in [-0.2, -0.15) is 0 Å². The van der Waals surface area contributed by atoms with Gasteiger partial charge in [0.05, 0.1) is 0 Å². The molecule has 0 amide bonds. The number of ketones is 2. The van der Waals surface area contributed by atoms with Gasteiger partial charge in [0.1, 0.15) is 11.8 Å². The normalized spacial score (nSPS) is 11.2. The van der Waals surface area contributed by atoms with Crippen LogP contribution in [0.4, 0.5) is 0 Å². The van der Waals surface area contributed by atoms with Crippen LogP contribution in [0.1, 0.15) is 61.4 Å². The van der Waals surface area contributed by atoms with Crippen LogP contribution < -0.4 is 0 Å². The molecule has 2 N–H and O–H groups in total. The van der Waals surface area contributed by atoms with Gasteiger partial charge in [0.15, 0.2) is 17.2 Å². The van der Waals surface area contributed by atoms with Gasteiger partial charge in [-0.15, -0.1) is 0 Å². The summed E-state index contributed by atoms with van der Waals surface area (Å²) in [7, 11) is 0. The highest BCUT2D eigenvalue weighted by Crippen LogP contribution is 2.22. The molecule has 0 aliphatic heterocycles. The van der Waals surface area contributed by atoms with Gasteiger partial charge in [-0.3, -0.25) is 9.59 Å². The van der Waals surface area contributed by atoms with Crippen molar-refractivity contribution in [3.63, 3.8) is 0 Å². The number of rotatable bonds is 6. The summed E-state index contributed by atoms with van der Waals surface area (Å²) in [6.07, 6.45) is -0.998.